The number of hydrogen-bond acceptors (Lipinski definition) is 4. The molecule has 5 heteroatoms. The number of morpholine rings is 1. The van der Waals surface area contributed by atoms with Gasteiger partial charge in [-0.3, -0.25) is 4.79 Å². The average molecular weight is 276 g/mol. The van der Waals surface area contributed by atoms with Crippen LogP contribution in [0, 0.1) is 0 Å². The zero-order valence-electron chi connectivity index (χ0n) is 11.9. The molecule has 1 fully saturated rings. The molecule has 5 nitrogen and oxygen atoms in total. The molecular formula is C15H20N2O3. The van der Waals surface area contributed by atoms with Crippen LogP contribution in [0.15, 0.2) is 18.2 Å². The summed E-state index contributed by atoms with van der Waals surface area (Å²) in [6.07, 6.45) is 0.0775. The first kappa shape index (κ1) is 13.2. The maximum Gasteiger partial charge on any atom is 0.258 e. The number of ether oxygens (including phenoxy) is 2. The van der Waals surface area contributed by atoms with Crippen LogP contribution in [-0.2, 0) is 4.74 Å². The van der Waals surface area contributed by atoms with Crippen molar-refractivity contribution in [3.8, 4) is 5.75 Å². The summed E-state index contributed by atoms with van der Waals surface area (Å²) in [4.78, 5) is 14.7. The molecule has 0 saturated carbocycles. The molecule has 0 radical (unpaired) electrons. The lowest BCUT2D eigenvalue weighted by molar-refractivity contribution is -0.0388. The highest BCUT2D eigenvalue weighted by molar-refractivity contribution is 5.99. The van der Waals surface area contributed by atoms with Gasteiger partial charge in [-0.05, 0) is 26.0 Å². The second-order valence-corrected chi connectivity index (χ2v) is 5.41. The molecule has 20 heavy (non-hydrogen) atoms. The lowest BCUT2D eigenvalue weighted by atomic mass is 10.1. The van der Waals surface area contributed by atoms with Gasteiger partial charge < -0.3 is 19.7 Å². The van der Waals surface area contributed by atoms with Gasteiger partial charge in [-0.2, -0.15) is 0 Å². The third kappa shape index (κ3) is 2.33. The third-order valence-electron chi connectivity index (χ3n) is 3.78. The van der Waals surface area contributed by atoms with Crippen LogP contribution >= 0.6 is 0 Å². The van der Waals surface area contributed by atoms with Gasteiger partial charge in [-0.25, -0.2) is 0 Å². The Kier molecular flexibility index (Phi) is 3.53. The molecule has 2 aliphatic rings. The molecule has 1 aromatic rings. The van der Waals surface area contributed by atoms with Crippen LogP contribution < -0.4 is 10.1 Å². The maximum atomic E-state index is 12.8. The SMILES string of the molecule is CC1CN(C(=O)c2cccc3c2OCCN3)C(C)CO1. The second kappa shape index (κ2) is 5.32. The summed E-state index contributed by atoms with van der Waals surface area (Å²) in [6, 6.07) is 5.76. The van der Waals surface area contributed by atoms with Crippen LogP contribution in [0.3, 0.4) is 0 Å². The van der Waals surface area contributed by atoms with Gasteiger partial charge in [-0.1, -0.05) is 6.07 Å². The van der Waals surface area contributed by atoms with E-state index in [2.05, 4.69) is 5.32 Å². The molecule has 2 heterocycles. The number of rotatable bonds is 1. The fraction of sp³-hybridized carbons (Fsp3) is 0.533. The van der Waals surface area contributed by atoms with Gasteiger partial charge in [0.2, 0.25) is 0 Å². The van der Waals surface area contributed by atoms with E-state index in [1.54, 1.807) is 0 Å². The van der Waals surface area contributed by atoms with E-state index in [1.165, 1.54) is 0 Å². The van der Waals surface area contributed by atoms with E-state index in [-0.39, 0.29) is 18.1 Å². The predicted octanol–water partition coefficient (Wildman–Crippen LogP) is 1.74. The van der Waals surface area contributed by atoms with Crippen molar-refractivity contribution in [2.45, 2.75) is 26.0 Å². The van der Waals surface area contributed by atoms with E-state index in [0.29, 0.717) is 31.1 Å². The number of fused-ring (bicyclic) bond motifs is 1. The minimum atomic E-state index is 0.0215. The first-order valence-electron chi connectivity index (χ1n) is 7.09. The van der Waals surface area contributed by atoms with Crippen molar-refractivity contribution in [2.75, 3.05) is 31.6 Å². The average Bonchev–Trinajstić information content (AvgIpc) is 2.48. The van der Waals surface area contributed by atoms with Gasteiger partial charge in [0, 0.05) is 13.1 Å². The standard InChI is InChI=1S/C15H20N2O3/c1-10-9-20-11(2)8-17(10)15(18)12-4-3-5-13-14(12)19-7-6-16-13/h3-5,10-11,16H,6-9H2,1-2H3. The van der Waals surface area contributed by atoms with Gasteiger partial charge in [0.05, 0.1) is 30.0 Å². The van der Waals surface area contributed by atoms with Crippen molar-refractivity contribution in [1.29, 1.82) is 0 Å². The Morgan fingerprint density at radius 3 is 3.10 bits per heavy atom. The van der Waals surface area contributed by atoms with E-state index in [0.717, 1.165) is 12.2 Å². The van der Waals surface area contributed by atoms with Gasteiger partial charge >= 0.3 is 0 Å². The summed E-state index contributed by atoms with van der Waals surface area (Å²) in [7, 11) is 0. The molecule has 2 aliphatic heterocycles. The van der Waals surface area contributed by atoms with Gasteiger partial charge in [0.15, 0.2) is 5.75 Å². The summed E-state index contributed by atoms with van der Waals surface area (Å²) < 4.78 is 11.3. The monoisotopic (exact) mass is 276 g/mol. The number of nitrogens with one attached hydrogen (secondary N) is 1. The van der Waals surface area contributed by atoms with Gasteiger partial charge in [0.1, 0.15) is 6.61 Å². The highest BCUT2D eigenvalue weighted by Crippen LogP contribution is 2.32. The quantitative estimate of drug-likeness (QED) is 0.849. The Bertz CT molecular complexity index is 518. The third-order valence-corrected chi connectivity index (χ3v) is 3.78. The molecule has 1 aromatic carbocycles. The summed E-state index contributed by atoms with van der Waals surface area (Å²) in [5.74, 6) is 0.697. The van der Waals surface area contributed by atoms with Crippen molar-refractivity contribution in [3.63, 3.8) is 0 Å². The van der Waals surface area contributed by atoms with Crippen molar-refractivity contribution in [1.82, 2.24) is 4.90 Å². The molecule has 0 spiro atoms. The number of benzene rings is 1. The van der Waals surface area contributed by atoms with E-state index >= 15 is 0 Å². The van der Waals surface area contributed by atoms with Crippen molar-refractivity contribution < 1.29 is 14.3 Å². The minimum absolute atomic E-state index is 0.0215. The summed E-state index contributed by atoms with van der Waals surface area (Å²) >= 11 is 0. The molecule has 0 bridgehead atoms. The van der Waals surface area contributed by atoms with E-state index in [1.807, 2.05) is 36.9 Å². The van der Waals surface area contributed by atoms with E-state index in [9.17, 15) is 4.79 Å². The van der Waals surface area contributed by atoms with E-state index in [4.69, 9.17) is 9.47 Å². The fourth-order valence-electron chi connectivity index (χ4n) is 2.68. The fourth-order valence-corrected chi connectivity index (χ4v) is 2.68. The van der Waals surface area contributed by atoms with Crippen LogP contribution in [0.2, 0.25) is 0 Å². The molecule has 2 atom stereocenters. The molecule has 108 valence electrons. The molecule has 3 rings (SSSR count). The Morgan fingerprint density at radius 2 is 2.25 bits per heavy atom. The molecule has 0 aromatic heterocycles. The molecule has 1 saturated heterocycles. The number of anilines is 1. The van der Waals surface area contributed by atoms with Crippen LogP contribution in [-0.4, -0.2) is 49.3 Å². The minimum Gasteiger partial charge on any atom is -0.489 e. The molecule has 2 unspecified atom stereocenters. The summed E-state index contributed by atoms with van der Waals surface area (Å²) in [5, 5.41) is 3.26. The number of carbonyl (C=O) groups excluding carboxylic acids is 1. The van der Waals surface area contributed by atoms with Crippen LogP contribution in [0.5, 0.6) is 5.75 Å². The summed E-state index contributed by atoms with van der Waals surface area (Å²) in [6.45, 7) is 6.57. The zero-order valence-corrected chi connectivity index (χ0v) is 11.9. The maximum absolute atomic E-state index is 12.8. The Hall–Kier alpha value is -1.75. The molecular weight excluding hydrogens is 256 g/mol. The number of hydrogen-bond donors (Lipinski definition) is 1. The van der Waals surface area contributed by atoms with Crippen LogP contribution in [0.4, 0.5) is 5.69 Å². The van der Waals surface area contributed by atoms with E-state index < -0.39 is 0 Å². The summed E-state index contributed by atoms with van der Waals surface area (Å²) in [5.41, 5.74) is 1.53. The number of carbonyl (C=O) groups is 1. The first-order valence-corrected chi connectivity index (χ1v) is 7.09. The topological polar surface area (TPSA) is 50.8 Å². The second-order valence-electron chi connectivity index (χ2n) is 5.41. The largest absolute Gasteiger partial charge is 0.489 e. The molecule has 0 aliphatic carbocycles. The zero-order chi connectivity index (χ0) is 14.1. The normalized spacial score (nSPS) is 25.4. The van der Waals surface area contributed by atoms with Crippen molar-refractivity contribution in [3.05, 3.63) is 23.8 Å². The first-order chi connectivity index (χ1) is 9.66. The smallest absolute Gasteiger partial charge is 0.258 e. The number of para-hydroxylation sites is 1. The number of amides is 1. The Balaban J connectivity index is 1.90. The highest BCUT2D eigenvalue weighted by Gasteiger charge is 2.30. The van der Waals surface area contributed by atoms with Gasteiger partial charge in [-0.15, -0.1) is 0 Å². The van der Waals surface area contributed by atoms with Crippen LogP contribution in [0.25, 0.3) is 0 Å². The Labute approximate surface area is 118 Å². The van der Waals surface area contributed by atoms with Gasteiger partial charge in [0.25, 0.3) is 5.91 Å². The van der Waals surface area contributed by atoms with Crippen LogP contribution in [0.1, 0.15) is 24.2 Å². The Morgan fingerprint density at radius 1 is 1.40 bits per heavy atom. The molecule has 1 N–H and O–H groups in total. The van der Waals surface area contributed by atoms with Crippen molar-refractivity contribution >= 4 is 11.6 Å². The molecule has 1 amide bonds. The lowest BCUT2D eigenvalue weighted by Crippen LogP contribution is -2.50. The number of nitrogens with zero attached hydrogens (tertiary/aromatic N) is 1. The highest BCUT2D eigenvalue weighted by atomic mass is 16.5. The lowest BCUT2D eigenvalue weighted by Gasteiger charge is -2.37. The van der Waals surface area contributed by atoms with Crippen molar-refractivity contribution in [2.24, 2.45) is 0 Å². The predicted molar refractivity (Wildman–Crippen MR) is 76.3 cm³/mol.